The minimum Gasteiger partial charge on any atom is -0.325 e. The molecule has 1 N–H and O–H groups in total. The summed E-state index contributed by atoms with van der Waals surface area (Å²) in [6, 6.07) is 13.1. The number of hydrogen-bond donors (Lipinski definition) is 1. The molecule has 5 nitrogen and oxygen atoms in total. The van der Waals surface area contributed by atoms with E-state index in [0.717, 1.165) is 36.5 Å². The molecule has 3 aromatic rings. The zero-order valence-corrected chi connectivity index (χ0v) is 15.9. The lowest BCUT2D eigenvalue weighted by molar-refractivity contribution is -0.115. The third-order valence-electron chi connectivity index (χ3n) is 4.45. The molecule has 2 aromatic carbocycles. The maximum atomic E-state index is 13.3. The van der Waals surface area contributed by atoms with Crippen LogP contribution in [0.15, 0.2) is 53.7 Å². The maximum Gasteiger partial charge on any atom is 0.237 e. The van der Waals surface area contributed by atoms with Crippen LogP contribution in [0.2, 0.25) is 0 Å². The summed E-state index contributed by atoms with van der Waals surface area (Å²) < 4.78 is 28.4. The van der Waals surface area contributed by atoms with E-state index in [4.69, 9.17) is 0 Å². The van der Waals surface area contributed by atoms with Crippen molar-refractivity contribution in [1.82, 2.24) is 14.8 Å². The quantitative estimate of drug-likeness (QED) is 0.617. The van der Waals surface area contributed by atoms with E-state index in [9.17, 15) is 13.6 Å². The number of benzene rings is 2. The summed E-state index contributed by atoms with van der Waals surface area (Å²) in [5.41, 5.74) is 1.16. The van der Waals surface area contributed by atoms with Crippen molar-refractivity contribution < 1.29 is 13.6 Å². The van der Waals surface area contributed by atoms with E-state index in [-0.39, 0.29) is 11.6 Å². The summed E-state index contributed by atoms with van der Waals surface area (Å²) in [5, 5.41) is 11.4. The van der Waals surface area contributed by atoms with Gasteiger partial charge in [-0.15, -0.1) is 10.2 Å². The highest BCUT2D eigenvalue weighted by atomic mass is 32.2. The Morgan fingerprint density at radius 3 is 2.57 bits per heavy atom. The number of hydrogen-bond acceptors (Lipinski definition) is 4. The smallest absolute Gasteiger partial charge is 0.237 e. The number of anilines is 1. The average molecular weight is 400 g/mol. The number of carbonyl (C=O) groups excluding carboxylic acids is 1. The lowest BCUT2D eigenvalue weighted by atomic mass is 10.3. The van der Waals surface area contributed by atoms with Crippen LogP contribution in [0.25, 0.3) is 5.69 Å². The van der Waals surface area contributed by atoms with Crippen LogP contribution in [0.5, 0.6) is 0 Å². The fourth-order valence-electron chi connectivity index (χ4n) is 2.81. The van der Waals surface area contributed by atoms with E-state index in [1.54, 1.807) is 6.92 Å². The van der Waals surface area contributed by atoms with E-state index in [0.29, 0.717) is 11.1 Å². The van der Waals surface area contributed by atoms with Gasteiger partial charge in [0.1, 0.15) is 5.82 Å². The molecule has 1 fully saturated rings. The first-order chi connectivity index (χ1) is 13.5. The first kappa shape index (κ1) is 18.6. The van der Waals surface area contributed by atoms with Crippen molar-refractivity contribution in [3.05, 3.63) is 66.0 Å². The van der Waals surface area contributed by atoms with Gasteiger partial charge in [-0.2, -0.15) is 0 Å². The molecule has 1 aliphatic carbocycles. The molecule has 0 spiro atoms. The van der Waals surface area contributed by atoms with Crippen LogP contribution in [-0.2, 0) is 4.79 Å². The first-order valence-electron chi connectivity index (χ1n) is 8.96. The molecule has 28 heavy (non-hydrogen) atoms. The number of carbonyl (C=O) groups is 1. The van der Waals surface area contributed by atoms with Crippen molar-refractivity contribution in [2.24, 2.45) is 0 Å². The van der Waals surface area contributed by atoms with E-state index in [2.05, 4.69) is 15.5 Å². The SMILES string of the molecule is C[C@H](Sc1nnc(C2CC2)n1-c1ccccc1)C(=O)Nc1ccc(F)c(F)c1. The topological polar surface area (TPSA) is 59.8 Å². The molecular weight excluding hydrogens is 382 g/mol. The number of halogens is 2. The summed E-state index contributed by atoms with van der Waals surface area (Å²) in [4.78, 5) is 12.5. The Kier molecular flexibility index (Phi) is 5.13. The second-order valence-electron chi connectivity index (χ2n) is 6.66. The van der Waals surface area contributed by atoms with Crippen LogP contribution in [0.3, 0.4) is 0 Å². The standard InChI is InChI=1S/C20H18F2N4OS/c1-12(19(27)23-14-9-10-16(21)17(22)11-14)28-20-25-24-18(13-7-8-13)26(20)15-5-3-2-4-6-15/h2-6,9-13H,7-8H2,1H3,(H,23,27)/t12-/m0/s1. The molecule has 0 unspecified atom stereocenters. The molecule has 8 heteroatoms. The van der Waals surface area contributed by atoms with Gasteiger partial charge < -0.3 is 5.32 Å². The molecule has 0 radical (unpaired) electrons. The van der Waals surface area contributed by atoms with Crippen LogP contribution in [0, 0.1) is 11.6 Å². The van der Waals surface area contributed by atoms with Gasteiger partial charge in [0.2, 0.25) is 5.91 Å². The monoisotopic (exact) mass is 400 g/mol. The number of nitrogens with zero attached hydrogens (tertiary/aromatic N) is 3. The second kappa shape index (κ2) is 7.71. The molecule has 1 aromatic heterocycles. The van der Waals surface area contributed by atoms with Crippen molar-refractivity contribution in [3.8, 4) is 5.69 Å². The summed E-state index contributed by atoms with van der Waals surface area (Å²) in [6.45, 7) is 1.74. The van der Waals surface area contributed by atoms with Crippen molar-refractivity contribution >= 4 is 23.4 Å². The molecule has 0 bridgehead atoms. The molecule has 1 atom stereocenters. The molecule has 4 rings (SSSR count). The predicted octanol–water partition coefficient (Wildman–Crippen LogP) is 4.54. The van der Waals surface area contributed by atoms with Crippen molar-refractivity contribution in [2.45, 2.75) is 36.1 Å². The molecule has 1 aliphatic rings. The number of para-hydroxylation sites is 1. The summed E-state index contributed by atoms with van der Waals surface area (Å²) in [7, 11) is 0. The lowest BCUT2D eigenvalue weighted by Crippen LogP contribution is -2.23. The lowest BCUT2D eigenvalue weighted by Gasteiger charge is -2.14. The van der Waals surface area contributed by atoms with Crippen LogP contribution >= 0.6 is 11.8 Å². The summed E-state index contributed by atoms with van der Waals surface area (Å²) in [5.74, 6) is -0.984. The third kappa shape index (κ3) is 3.91. The number of amides is 1. The van der Waals surface area contributed by atoms with E-state index >= 15 is 0 Å². The van der Waals surface area contributed by atoms with Crippen molar-refractivity contribution in [2.75, 3.05) is 5.32 Å². The molecule has 0 saturated heterocycles. The molecular formula is C20H18F2N4OS. The van der Waals surface area contributed by atoms with Crippen LogP contribution in [0.4, 0.5) is 14.5 Å². The largest absolute Gasteiger partial charge is 0.325 e. The predicted molar refractivity (Wildman–Crippen MR) is 104 cm³/mol. The Bertz CT molecular complexity index is 1000. The number of thioether (sulfide) groups is 1. The van der Waals surface area contributed by atoms with E-state index in [1.807, 2.05) is 34.9 Å². The van der Waals surface area contributed by atoms with Gasteiger partial charge >= 0.3 is 0 Å². The molecule has 1 amide bonds. The van der Waals surface area contributed by atoms with Gasteiger partial charge in [-0.05, 0) is 44.0 Å². The highest BCUT2D eigenvalue weighted by molar-refractivity contribution is 8.00. The number of nitrogens with one attached hydrogen (secondary N) is 1. The molecule has 1 heterocycles. The third-order valence-corrected chi connectivity index (χ3v) is 5.50. The zero-order chi connectivity index (χ0) is 19.7. The Morgan fingerprint density at radius 1 is 1.14 bits per heavy atom. The number of aromatic nitrogens is 3. The van der Waals surface area contributed by atoms with E-state index in [1.165, 1.54) is 17.8 Å². The molecule has 0 aliphatic heterocycles. The minimum atomic E-state index is -1.00. The van der Waals surface area contributed by atoms with Gasteiger partial charge in [-0.1, -0.05) is 30.0 Å². The summed E-state index contributed by atoms with van der Waals surface area (Å²) >= 11 is 1.28. The minimum absolute atomic E-state index is 0.208. The van der Waals surface area contributed by atoms with E-state index < -0.39 is 16.9 Å². The Hall–Kier alpha value is -2.74. The maximum absolute atomic E-state index is 13.3. The highest BCUT2D eigenvalue weighted by Crippen LogP contribution is 2.41. The van der Waals surface area contributed by atoms with Gasteiger partial charge in [0.25, 0.3) is 0 Å². The first-order valence-corrected chi connectivity index (χ1v) is 9.84. The Balaban J connectivity index is 1.53. The highest BCUT2D eigenvalue weighted by Gasteiger charge is 2.31. The fourth-order valence-corrected chi connectivity index (χ4v) is 3.69. The van der Waals surface area contributed by atoms with Crippen LogP contribution < -0.4 is 5.32 Å². The van der Waals surface area contributed by atoms with Gasteiger partial charge in [-0.3, -0.25) is 9.36 Å². The normalized spacial score (nSPS) is 14.7. The molecule has 1 saturated carbocycles. The Labute approximate surface area is 165 Å². The van der Waals surface area contributed by atoms with Crippen LogP contribution in [-0.4, -0.2) is 25.9 Å². The van der Waals surface area contributed by atoms with Gasteiger partial charge in [0.15, 0.2) is 16.8 Å². The molecule has 144 valence electrons. The summed E-state index contributed by atoms with van der Waals surface area (Å²) in [6.07, 6.45) is 2.17. The van der Waals surface area contributed by atoms with Crippen molar-refractivity contribution in [1.29, 1.82) is 0 Å². The van der Waals surface area contributed by atoms with Gasteiger partial charge in [-0.25, -0.2) is 8.78 Å². The van der Waals surface area contributed by atoms with Crippen LogP contribution in [0.1, 0.15) is 31.5 Å². The Morgan fingerprint density at radius 2 is 1.89 bits per heavy atom. The average Bonchev–Trinajstić information content (AvgIpc) is 3.46. The van der Waals surface area contributed by atoms with Gasteiger partial charge in [0, 0.05) is 23.4 Å². The van der Waals surface area contributed by atoms with Gasteiger partial charge in [0.05, 0.1) is 5.25 Å². The zero-order valence-electron chi connectivity index (χ0n) is 15.1. The fraction of sp³-hybridized carbons (Fsp3) is 0.250. The second-order valence-corrected chi connectivity index (χ2v) is 7.97. The number of rotatable bonds is 6. The van der Waals surface area contributed by atoms with Crippen molar-refractivity contribution in [3.63, 3.8) is 0 Å².